The minimum absolute atomic E-state index is 0.0596. The van der Waals surface area contributed by atoms with Gasteiger partial charge in [-0.05, 0) is 48.4 Å². The van der Waals surface area contributed by atoms with Crippen LogP contribution in [0.25, 0.3) is 0 Å². The molecule has 0 unspecified atom stereocenters. The summed E-state index contributed by atoms with van der Waals surface area (Å²) in [5.41, 5.74) is 1.78. The molecule has 31 heavy (non-hydrogen) atoms. The van der Waals surface area contributed by atoms with E-state index in [9.17, 15) is 13.2 Å². The van der Waals surface area contributed by atoms with Gasteiger partial charge in [-0.25, -0.2) is 8.42 Å². The second-order valence-electron chi connectivity index (χ2n) is 7.57. The highest BCUT2D eigenvalue weighted by Crippen LogP contribution is 2.16. The van der Waals surface area contributed by atoms with E-state index in [1.807, 2.05) is 17.0 Å². The molecule has 2 aromatic rings. The molecule has 7 nitrogen and oxygen atoms in total. The lowest BCUT2D eigenvalue weighted by Crippen LogP contribution is -2.49. The van der Waals surface area contributed by atoms with Crippen LogP contribution in [0, 0.1) is 0 Å². The maximum Gasteiger partial charge on any atom is 0.253 e. The van der Waals surface area contributed by atoms with Gasteiger partial charge in [0.15, 0.2) is 9.84 Å². The molecule has 1 aliphatic rings. The molecule has 0 radical (unpaired) electrons. The van der Waals surface area contributed by atoms with Gasteiger partial charge in [-0.2, -0.15) is 0 Å². The van der Waals surface area contributed by atoms with Crippen molar-refractivity contribution in [1.82, 2.24) is 9.80 Å². The molecule has 0 atom stereocenters. The zero-order valence-corrected chi connectivity index (χ0v) is 18.9. The van der Waals surface area contributed by atoms with E-state index < -0.39 is 9.84 Å². The number of nitrogens with zero attached hydrogens (tertiary/aromatic N) is 2. The van der Waals surface area contributed by atoms with Crippen molar-refractivity contribution in [2.45, 2.75) is 11.3 Å². The summed E-state index contributed by atoms with van der Waals surface area (Å²) in [4.78, 5) is 17.2. The van der Waals surface area contributed by atoms with E-state index >= 15 is 0 Å². The second-order valence-corrected chi connectivity index (χ2v) is 9.68. The van der Waals surface area contributed by atoms with Crippen LogP contribution in [0.3, 0.4) is 0 Å². The summed E-state index contributed by atoms with van der Waals surface area (Å²) < 4.78 is 34.5. The van der Waals surface area contributed by atoms with E-state index in [1.165, 1.54) is 24.8 Å². The van der Waals surface area contributed by atoms with Crippen molar-refractivity contribution < 1.29 is 22.7 Å². The van der Waals surface area contributed by atoms with Gasteiger partial charge in [0.25, 0.3) is 5.91 Å². The number of sulfone groups is 1. The monoisotopic (exact) mass is 446 g/mol. The molecule has 3 rings (SSSR count). The molecule has 0 spiro atoms. The maximum absolute atomic E-state index is 12.8. The normalized spacial score (nSPS) is 15.1. The van der Waals surface area contributed by atoms with Gasteiger partial charge in [0.1, 0.15) is 5.75 Å². The Labute approximate surface area is 184 Å². The Morgan fingerprint density at radius 3 is 2.16 bits per heavy atom. The van der Waals surface area contributed by atoms with Crippen LogP contribution in [0.4, 0.5) is 0 Å². The van der Waals surface area contributed by atoms with Crippen molar-refractivity contribution in [2.75, 3.05) is 59.3 Å². The molecule has 1 fully saturated rings. The van der Waals surface area contributed by atoms with Gasteiger partial charge in [-0.15, -0.1) is 0 Å². The molecule has 0 aliphatic carbocycles. The van der Waals surface area contributed by atoms with Gasteiger partial charge in [-0.3, -0.25) is 9.69 Å². The van der Waals surface area contributed by atoms with Gasteiger partial charge < -0.3 is 14.4 Å². The molecule has 0 bridgehead atoms. The number of hydrogen-bond acceptors (Lipinski definition) is 6. The Hall–Kier alpha value is -2.42. The van der Waals surface area contributed by atoms with Crippen molar-refractivity contribution in [3.63, 3.8) is 0 Å². The van der Waals surface area contributed by atoms with Gasteiger partial charge in [0.05, 0.1) is 24.4 Å². The van der Waals surface area contributed by atoms with E-state index in [0.717, 1.165) is 31.8 Å². The third-order valence-corrected chi connectivity index (χ3v) is 7.25. The van der Waals surface area contributed by atoms with Crippen LogP contribution in [0.5, 0.6) is 5.75 Å². The minimum Gasteiger partial charge on any atom is -0.497 e. The van der Waals surface area contributed by atoms with Crippen LogP contribution < -0.4 is 4.74 Å². The predicted octanol–water partition coefficient (Wildman–Crippen LogP) is 2.12. The third kappa shape index (κ3) is 6.29. The van der Waals surface area contributed by atoms with Crippen molar-refractivity contribution >= 4 is 15.7 Å². The molecule has 8 heteroatoms. The summed E-state index contributed by atoms with van der Waals surface area (Å²) >= 11 is 0. The summed E-state index contributed by atoms with van der Waals surface area (Å²) in [6, 6.07) is 14.3. The van der Waals surface area contributed by atoms with Crippen molar-refractivity contribution in [3.05, 3.63) is 59.7 Å². The average molecular weight is 447 g/mol. The predicted molar refractivity (Wildman–Crippen MR) is 119 cm³/mol. The van der Waals surface area contributed by atoms with Gasteiger partial charge in [-0.1, -0.05) is 12.1 Å². The Bertz CT molecular complexity index is 950. The van der Waals surface area contributed by atoms with Crippen LogP contribution in [0.15, 0.2) is 53.4 Å². The third-order valence-electron chi connectivity index (χ3n) is 5.55. The molecule has 2 aromatic carbocycles. The molecule has 1 heterocycles. The molecule has 168 valence electrons. The lowest BCUT2D eigenvalue weighted by molar-refractivity contribution is 0.0638. The fourth-order valence-electron chi connectivity index (χ4n) is 3.55. The molecular weight excluding hydrogens is 416 g/mol. The maximum atomic E-state index is 12.8. The van der Waals surface area contributed by atoms with Crippen LogP contribution in [-0.2, 0) is 21.0 Å². The van der Waals surface area contributed by atoms with E-state index in [0.29, 0.717) is 18.7 Å². The topological polar surface area (TPSA) is 76.2 Å². The van der Waals surface area contributed by atoms with E-state index in [1.54, 1.807) is 19.2 Å². The molecule has 0 saturated carbocycles. The van der Waals surface area contributed by atoms with Crippen molar-refractivity contribution in [2.24, 2.45) is 0 Å². The Kier molecular flexibility index (Phi) is 8.06. The fourth-order valence-corrected chi connectivity index (χ4v) is 4.72. The number of hydrogen-bond donors (Lipinski definition) is 0. The largest absolute Gasteiger partial charge is 0.497 e. The van der Waals surface area contributed by atoms with Crippen LogP contribution in [0.2, 0.25) is 0 Å². The number of amides is 1. The second kappa shape index (κ2) is 10.7. The first-order valence-electron chi connectivity index (χ1n) is 10.4. The number of carbonyl (C=O) groups is 1. The van der Waals surface area contributed by atoms with E-state index in [2.05, 4.69) is 17.0 Å². The highest BCUT2D eigenvalue weighted by Gasteiger charge is 2.22. The summed E-state index contributed by atoms with van der Waals surface area (Å²) in [5, 5.41) is 0. The Morgan fingerprint density at radius 2 is 1.58 bits per heavy atom. The van der Waals surface area contributed by atoms with Crippen molar-refractivity contribution in [3.8, 4) is 5.75 Å². The Morgan fingerprint density at radius 1 is 0.935 bits per heavy atom. The lowest BCUT2D eigenvalue weighted by atomic mass is 10.1. The number of ether oxygens (including phenoxy) is 2. The first kappa shape index (κ1) is 23.2. The quantitative estimate of drug-likeness (QED) is 0.587. The average Bonchev–Trinajstić information content (AvgIpc) is 2.82. The van der Waals surface area contributed by atoms with E-state index in [4.69, 9.17) is 9.47 Å². The number of benzene rings is 2. The first-order valence-corrected chi connectivity index (χ1v) is 12.0. The molecule has 1 aliphatic heterocycles. The fraction of sp³-hybridized carbons (Fsp3) is 0.435. The molecular formula is C23H30N2O5S. The highest BCUT2D eigenvalue weighted by atomic mass is 32.2. The smallest absolute Gasteiger partial charge is 0.253 e. The van der Waals surface area contributed by atoms with E-state index in [-0.39, 0.29) is 23.2 Å². The summed E-state index contributed by atoms with van der Waals surface area (Å²) in [6.45, 7) is 4.07. The lowest BCUT2D eigenvalue weighted by Gasteiger charge is -2.34. The number of rotatable bonds is 9. The van der Waals surface area contributed by atoms with Crippen LogP contribution in [-0.4, -0.2) is 83.4 Å². The van der Waals surface area contributed by atoms with Crippen LogP contribution >= 0.6 is 0 Å². The standard InChI is InChI=1S/C23H30N2O5S/c1-29-17-18-31(27,28)22-9-5-20(6-10-22)23(26)25-15-13-24(14-16-25)12-11-19-3-7-21(30-2)8-4-19/h3-10H,11-18H2,1-2H3. The van der Waals surface area contributed by atoms with Gasteiger partial charge in [0.2, 0.25) is 0 Å². The first-order chi connectivity index (χ1) is 14.9. The van der Waals surface area contributed by atoms with Crippen LogP contribution in [0.1, 0.15) is 15.9 Å². The molecule has 0 N–H and O–H groups in total. The van der Waals surface area contributed by atoms with Crippen molar-refractivity contribution in [1.29, 1.82) is 0 Å². The Balaban J connectivity index is 1.49. The zero-order chi connectivity index (χ0) is 22.3. The van der Waals surface area contributed by atoms with Gasteiger partial charge in [0, 0.05) is 45.4 Å². The summed E-state index contributed by atoms with van der Waals surface area (Å²) in [7, 11) is -0.264. The molecule has 1 amide bonds. The highest BCUT2D eigenvalue weighted by molar-refractivity contribution is 7.91. The summed E-state index contributed by atoms with van der Waals surface area (Å²) in [6.07, 6.45) is 0.955. The summed E-state index contributed by atoms with van der Waals surface area (Å²) in [5.74, 6) is 0.724. The number of carbonyl (C=O) groups excluding carboxylic acids is 1. The molecule has 1 saturated heterocycles. The molecule has 0 aromatic heterocycles. The SMILES string of the molecule is COCCS(=O)(=O)c1ccc(C(=O)N2CCN(CCc3ccc(OC)cc3)CC2)cc1. The minimum atomic E-state index is -3.39. The van der Waals surface area contributed by atoms with Gasteiger partial charge >= 0.3 is 0 Å². The number of methoxy groups -OCH3 is 2. The zero-order valence-electron chi connectivity index (χ0n) is 18.1. The number of piperazine rings is 1.